The predicted octanol–water partition coefficient (Wildman–Crippen LogP) is 10.4. The fourth-order valence-corrected chi connectivity index (χ4v) is 6.06. The molecule has 4 heteroatoms. The van der Waals surface area contributed by atoms with Gasteiger partial charge in [-0.15, -0.1) is 0 Å². The quantitative estimate of drug-likeness (QED) is 0.129. The predicted molar refractivity (Wildman–Crippen MR) is 156 cm³/mol. The number of nitrogens with zero attached hydrogens (tertiary/aromatic N) is 2. The summed E-state index contributed by atoms with van der Waals surface area (Å²) in [7, 11) is 0. The fourth-order valence-electron chi connectivity index (χ4n) is 4.91. The highest BCUT2D eigenvalue weighted by atomic mass is 32.2. The number of benzene rings is 3. The van der Waals surface area contributed by atoms with E-state index in [9.17, 15) is 9.65 Å². The van der Waals surface area contributed by atoms with Crippen LogP contribution in [0.5, 0.6) is 0 Å². The first-order valence-electron chi connectivity index (χ1n) is 13.8. The number of hydrogen-bond donors (Lipinski definition) is 0. The number of nitriles is 1. The normalized spacial score (nSPS) is 12.7. The van der Waals surface area contributed by atoms with Crippen molar-refractivity contribution >= 4 is 34.8 Å². The molecule has 1 aliphatic rings. The lowest BCUT2D eigenvalue weighted by Crippen LogP contribution is -2.22. The van der Waals surface area contributed by atoms with Crippen LogP contribution in [0.3, 0.4) is 0 Å². The van der Waals surface area contributed by atoms with Gasteiger partial charge in [0.1, 0.15) is 5.82 Å². The molecule has 4 rings (SSSR count). The summed E-state index contributed by atoms with van der Waals surface area (Å²) in [6.45, 7) is 3.28. The molecular formula is C33H37FN2S. The Hall–Kier alpha value is -3.03. The van der Waals surface area contributed by atoms with E-state index in [0.717, 1.165) is 17.7 Å². The third kappa shape index (κ3) is 7.49. The average Bonchev–Trinajstić information content (AvgIpc) is 2.92. The summed E-state index contributed by atoms with van der Waals surface area (Å²) >= 11 is 1.79. The maximum absolute atomic E-state index is 13.3. The van der Waals surface area contributed by atoms with E-state index in [0.29, 0.717) is 5.57 Å². The smallest absolute Gasteiger partial charge is 0.123 e. The average molecular weight is 513 g/mol. The second-order valence-electron chi connectivity index (χ2n) is 9.81. The fraction of sp³-hybridized carbons (Fsp3) is 0.364. The number of hydrogen-bond acceptors (Lipinski definition) is 3. The van der Waals surface area contributed by atoms with Crippen molar-refractivity contribution in [1.29, 1.82) is 5.26 Å². The molecule has 0 bridgehead atoms. The molecule has 37 heavy (non-hydrogen) atoms. The van der Waals surface area contributed by atoms with Crippen molar-refractivity contribution in [3.05, 3.63) is 83.7 Å². The summed E-state index contributed by atoms with van der Waals surface area (Å²) in [5.41, 5.74) is 4.75. The zero-order valence-electron chi connectivity index (χ0n) is 21.9. The number of allylic oxidation sites excluding steroid dienone is 1. The van der Waals surface area contributed by atoms with E-state index in [4.69, 9.17) is 0 Å². The van der Waals surface area contributed by atoms with Crippen molar-refractivity contribution in [2.45, 2.75) is 80.9 Å². The Balaban J connectivity index is 1.42. The molecule has 3 aromatic rings. The van der Waals surface area contributed by atoms with Gasteiger partial charge in [0.05, 0.1) is 23.0 Å². The van der Waals surface area contributed by atoms with Gasteiger partial charge in [0.15, 0.2) is 0 Å². The number of para-hydroxylation sites is 1. The van der Waals surface area contributed by atoms with Crippen LogP contribution in [0, 0.1) is 17.1 Å². The Bertz CT molecular complexity index is 1230. The molecule has 0 saturated heterocycles. The minimum atomic E-state index is -0.299. The summed E-state index contributed by atoms with van der Waals surface area (Å²) in [4.78, 5) is 4.93. The molecule has 0 amide bonds. The molecule has 0 aliphatic carbocycles. The number of fused-ring (bicyclic) bond motifs is 2. The van der Waals surface area contributed by atoms with Gasteiger partial charge in [0, 0.05) is 16.3 Å². The van der Waals surface area contributed by atoms with Gasteiger partial charge >= 0.3 is 0 Å². The zero-order valence-corrected chi connectivity index (χ0v) is 22.7. The second kappa shape index (κ2) is 14.1. The first-order valence-corrected chi connectivity index (χ1v) is 14.6. The molecule has 0 fully saturated rings. The molecule has 0 spiro atoms. The molecule has 2 nitrogen and oxygen atoms in total. The molecule has 192 valence electrons. The van der Waals surface area contributed by atoms with Crippen molar-refractivity contribution in [2.24, 2.45) is 0 Å². The molecule has 0 radical (unpaired) electrons. The second-order valence-corrected chi connectivity index (χ2v) is 10.9. The number of rotatable bonds is 13. The van der Waals surface area contributed by atoms with E-state index in [1.165, 1.54) is 97.5 Å². The van der Waals surface area contributed by atoms with Gasteiger partial charge in [-0.25, -0.2) is 4.39 Å². The Morgan fingerprint density at radius 3 is 2.16 bits per heavy atom. The highest BCUT2D eigenvalue weighted by Crippen LogP contribution is 2.48. The topological polar surface area (TPSA) is 27.0 Å². The monoisotopic (exact) mass is 512 g/mol. The van der Waals surface area contributed by atoms with Crippen molar-refractivity contribution in [1.82, 2.24) is 0 Å². The Kier molecular flexibility index (Phi) is 10.3. The Morgan fingerprint density at radius 2 is 1.46 bits per heavy atom. The van der Waals surface area contributed by atoms with E-state index in [2.05, 4.69) is 60.4 Å². The molecule has 3 aromatic carbocycles. The third-order valence-electron chi connectivity index (χ3n) is 6.97. The molecule has 0 aromatic heterocycles. The molecule has 1 aliphatic heterocycles. The van der Waals surface area contributed by atoms with Crippen LogP contribution >= 0.6 is 11.8 Å². The standard InChI is InChI=1S/C33H37FN2S/c1-2-3-4-5-6-7-8-9-10-13-22-36-30-14-11-12-15-32(30)37-33-24-26(16-21-31(33)36)23-28(25-35)27-17-19-29(34)20-18-27/h11-12,14-21,23-24H,2-10,13,22H2,1H3/b28-23+. The van der Waals surface area contributed by atoms with E-state index >= 15 is 0 Å². The summed E-state index contributed by atoms with van der Waals surface area (Å²) in [5, 5.41) is 9.72. The van der Waals surface area contributed by atoms with Crippen molar-refractivity contribution in [3.63, 3.8) is 0 Å². The SMILES string of the molecule is CCCCCCCCCCCCN1c2ccccc2Sc2cc(/C=C(\C#N)c3ccc(F)cc3)ccc21. The highest BCUT2D eigenvalue weighted by Gasteiger charge is 2.23. The van der Waals surface area contributed by atoms with Gasteiger partial charge in [-0.3, -0.25) is 0 Å². The van der Waals surface area contributed by atoms with Crippen LogP contribution in [0.4, 0.5) is 15.8 Å². The lowest BCUT2D eigenvalue weighted by molar-refractivity contribution is 0.557. The third-order valence-corrected chi connectivity index (χ3v) is 8.08. The van der Waals surface area contributed by atoms with Crippen molar-refractivity contribution < 1.29 is 4.39 Å². The van der Waals surface area contributed by atoms with Crippen molar-refractivity contribution in [2.75, 3.05) is 11.4 Å². The van der Waals surface area contributed by atoms with Gasteiger partial charge < -0.3 is 4.90 Å². The van der Waals surface area contributed by atoms with E-state index in [1.807, 2.05) is 6.08 Å². The van der Waals surface area contributed by atoms with Gasteiger partial charge in [-0.2, -0.15) is 5.26 Å². The zero-order chi connectivity index (χ0) is 25.9. The first kappa shape index (κ1) is 27.0. The molecule has 0 N–H and O–H groups in total. The molecule has 1 heterocycles. The van der Waals surface area contributed by atoms with Crippen LogP contribution in [0.15, 0.2) is 76.5 Å². The lowest BCUT2D eigenvalue weighted by Gasteiger charge is -2.33. The first-order chi connectivity index (χ1) is 18.2. The number of halogens is 1. The van der Waals surface area contributed by atoms with Gasteiger partial charge in [0.2, 0.25) is 0 Å². The maximum atomic E-state index is 13.3. The van der Waals surface area contributed by atoms with E-state index in [-0.39, 0.29) is 5.82 Å². The molecule has 0 saturated carbocycles. The lowest BCUT2D eigenvalue weighted by atomic mass is 10.0. The van der Waals surface area contributed by atoms with E-state index in [1.54, 1.807) is 23.9 Å². The largest absolute Gasteiger partial charge is 0.340 e. The van der Waals surface area contributed by atoms with E-state index < -0.39 is 0 Å². The van der Waals surface area contributed by atoms with Gasteiger partial charge in [0.25, 0.3) is 0 Å². The summed E-state index contributed by atoms with van der Waals surface area (Å²) in [6.07, 6.45) is 15.2. The summed E-state index contributed by atoms with van der Waals surface area (Å²) < 4.78 is 13.3. The summed E-state index contributed by atoms with van der Waals surface area (Å²) in [6, 6.07) is 23.4. The molecule has 0 unspecified atom stereocenters. The number of anilines is 2. The van der Waals surface area contributed by atoms with Gasteiger partial charge in [-0.1, -0.05) is 107 Å². The Labute approximate surface area is 226 Å². The minimum absolute atomic E-state index is 0.299. The van der Waals surface area contributed by atoms with Crippen LogP contribution < -0.4 is 4.90 Å². The van der Waals surface area contributed by atoms with Crippen LogP contribution in [-0.2, 0) is 0 Å². The van der Waals surface area contributed by atoms with Crippen LogP contribution in [-0.4, -0.2) is 6.54 Å². The molecule has 0 atom stereocenters. The van der Waals surface area contributed by atoms with Crippen LogP contribution in [0.1, 0.15) is 82.3 Å². The maximum Gasteiger partial charge on any atom is 0.123 e. The minimum Gasteiger partial charge on any atom is -0.340 e. The van der Waals surface area contributed by atoms with Crippen molar-refractivity contribution in [3.8, 4) is 6.07 Å². The number of unbranched alkanes of at least 4 members (excludes halogenated alkanes) is 9. The highest BCUT2D eigenvalue weighted by molar-refractivity contribution is 7.99. The summed E-state index contributed by atoms with van der Waals surface area (Å²) in [5.74, 6) is -0.299. The van der Waals surface area contributed by atoms with Gasteiger partial charge in [-0.05, 0) is 60.0 Å². The van der Waals surface area contributed by atoms with Crippen LogP contribution in [0.2, 0.25) is 0 Å². The Morgan fingerprint density at radius 1 is 0.811 bits per heavy atom. The van der Waals surface area contributed by atoms with Crippen LogP contribution in [0.25, 0.3) is 11.6 Å². The molecular weight excluding hydrogens is 475 g/mol.